The second-order valence-electron chi connectivity index (χ2n) is 6.88. The van der Waals surface area contributed by atoms with Crippen LogP contribution in [0.1, 0.15) is 29.6 Å². The first-order valence-electron chi connectivity index (χ1n) is 9.62. The van der Waals surface area contributed by atoms with E-state index in [0.717, 1.165) is 9.80 Å². The van der Waals surface area contributed by atoms with Crippen molar-refractivity contribution in [1.82, 2.24) is 0 Å². The monoisotopic (exact) mass is 456 g/mol. The number of carbonyl (C=O) groups excluding carboxylic acids is 4. The summed E-state index contributed by atoms with van der Waals surface area (Å²) in [6.07, 6.45) is -0.337. The quantitative estimate of drug-likeness (QED) is 0.458. The first-order chi connectivity index (χ1) is 15.3. The van der Waals surface area contributed by atoms with E-state index in [1.807, 2.05) is 0 Å². The van der Waals surface area contributed by atoms with E-state index in [4.69, 9.17) is 5.11 Å². The maximum Gasteiger partial charge on any atom is 0.337 e. The third-order valence-electron chi connectivity index (χ3n) is 4.63. The first-order valence-corrected chi connectivity index (χ1v) is 10.5. The van der Waals surface area contributed by atoms with Gasteiger partial charge in [0.1, 0.15) is 0 Å². The molecule has 32 heavy (non-hydrogen) atoms. The minimum atomic E-state index is -1.05. The Labute approximate surface area is 187 Å². The second-order valence-corrected chi connectivity index (χ2v) is 8.16. The van der Waals surface area contributed by atoms with E-state index < -0.39 is 23.1 Å². The van der Waals surface area contributed by atoms with Crippen molar-refractivity contribution >= 4 is 52.8 Å². The third-order valence-corrected chi connectivity index (χ3v) is 5.83. The van der Waals surface area contributed by atoms with E-state index in [1.165, 1.54) is 43.1 Å². The molecule has 0 unspecified atom stereocenters. The molecule has 0 spiro atoms. The topological polar surface area (TPSA) is 130 Å². The summed E-state index contributed by atoms with van der Waals surface area (Å²) in [5.74, 6) is -2.64. The molecule has 9 nitrogen and oxygen atoms in total. The maximum absolute atomic E-state index is 12.8. The number of hydrogen-bond donors (Lipinski definition) is 2. The number of rotatable bonds is 8. The van der Waals surface area contributed by atoms with Gasteiger partial charge in [-0.1, -0.05) is 0 Å². The number of methoxy groups -OCH3 is 1. The van der Waals surface area contributed by atoms with Gasteiger partial charge in [-0.2, -0.15) is 0 Å². The van der Waals surface area contributed by atoms with Crippen LogP contribution in [0.2, 0.25) is 0 Å². The summed E-state index contributed by atoms with van der Waals surface area (Å²) in [4.78, 5) is 60.9. The van der Waals surface area contributed by atoms with Crippen LogP contribution >= 0.6 is 11.8 Å². The lowest BCUT2D eigenvalue weighted by Gasteiger charge is -2.15. The van der Waals surface area contributed by atoms with Gasteiger partial charge in [0.25, 0.3) is 0 Å². The molecule has 1 aliphatic rings. The Morgan fingerprint density at radius 2 is 1.72 bits per heavy atom. The van der Waals surface area contributed by atoms with Crippen molar-refractivity contribution in [3.05, 3.63) is 54.1 Å². The maximum atomic E-state index is 12.8. The van der Waals surface area contributed by atoms with Crippen LogP contribution in [0.25, 0.3) is 0 Å². The molecule has 0 aliphatic carbocycles. The van der Waals surface area contributed by atoms with Crippen LogP contribution in [0.3, 0.4) is 0 Å². The fraction of sp³-hybridized carbons (Fsp3) is 0.227. The molecule has 0 saturated carbocycles. The average molecular weight is 456 g/mol. The van der Waals surface area contributed by atoms with Crippen LogP contribution in [0, 0.1) is 0 Å². The number of carboxylic acid groups (broad SMARTS) is 1. The van der Waals surface area contributed by atoms with E-state index in [1.54, 1.807) is 24.3 Å². The zero-order valence-corrected chi connectivity index (χ0v) is 17.9. The number of carbonyl (C=O) groups is 5. The number of ether oxygens (including phenoxy) is 1. The lowest BCUT2D eigenvalue weighted by atomic mass is 10.2. The number of nitrogens with zero attached hydrogens (tertiary/aromatic N) is 1. The summed E-state index contributed by atoms with van der Waals surface area (Å²) < 4.78 is 4.64. The van der Waals surface area contributed by atoms with Crippen LogP contribution in [0.15, 0.2) is 53.4 Å². The Morgan fingerprint density at radius 1 is 1.06 bits per heavy atom. The van der Waals surface area contributed by atoms with Gasteiger partial charge in [0.05, 0.1) is 30.0 Å². The zero-order chi connectivity index (χ0) is 23.3. The van der Waals surface area contributed by atoms with Crippen molar-refractivity contribution < 1.29 is 33.8 Å². The summed E-state index contributed by atoms with van der Waals surface area (Å²) in [5.41, 5.74) is 1.21. The molecular weight excluding hydrogens is 436 g/mol. The van der Waals surface area contributed by atoms with Crippen LogP contribution in [0.5, 0.6) is 0 Å². The average Bonchev–Trinajstić information content (AvgIpc) is 3.06. The molecule has 1 aliphatic heterocycles. The molecule has 2 aromatic carbocycles. The molecule has 2 aromatic rings. The number of hydrogen-bond acceptors (Lipinski definition) is 7. The Morgan fingerprint density at radius 3 is 2.31 bits per heavy atom. The highest BCUT2D eigenvalue weighted by molar-refractivity contribution is 8.00. The van der Waals surface area contributed by atoms with Crippen LogP contribution < -0.4 is 10.2 Å². The summed E-state index contributed by atoms with van der Waals surface area (Å²) >= 11 is 1.24. The van der Waals surface area contributed by atoms with Gasteiger partial charge >= 0.3 is 11.9 Å². The molecule has 3 rings (SSSR count). The Kier molecular flexibility index (Phi) is 7.26. The van der Waals surface area contributed by atoms with Crippen molar-refractivity contribution in [1.29, 1.82) is 0 Å². The lowest BCUT2D eigenvalue weighted by molar-refractivity contribution is -0.138. The van der Waals surface area contributed by atoms with E-state index in [-0.39, 0.29) is 31.1 Å². The lowest BCUT2D eigenvalue weighted by Crippen LogP contribution is -2.31. The molecule has 0 aromatic heterocycles. The number of nitrogens with one attached hydrogen (secondary N) is 1. The summed E-state index contributed by atoms with van der Waals surface area (Å²) in [5, 5.41) is 10.6. The molecule has 3 amide bonds. The van der Waals surface area contributed by atoms with E-state index in [0.29, 0.717) is 16.9 Å². The summed E-state index contributed by atoms with van der Waals surface area (Å²) in [7, 11) is 1.27. The molecule has 0 bridgehead atoms. The Hall–Kier alpha value is -3.66. The van der Waals surface area contributed by atoms with Crippen molar-refractivity contribution in [3.8, 4) is 0 Å². The minimum absolute atomic E-state index is 0.0376. The molecule has 10 heteroatoms. The van der Waals surface area contributed by atoms with Crippen LogP contribution in [0.4, 0.5) is 11.4 Å². The minimum Gasteiger partial charge on any atom is -0.481 e. The van der Waals surface area contributed by atoms with E-state index >= 15 is 0 Å². The molecule has 1 atom stereocenters. The zero-order valence-electron chi connectivity index (χ0n) is 17.1. The number of aliphatic carboxylic acids is 1. The number of carboxylic acids is 1. The molecule has 1 fully saturated rings. The smallest absolute Gasteiger partial charge is 0.337 e. The molecule has 166 valence electrons. The van der Waals surface area contributed by atoms with Gasteiger partial charge in [0, 0.05) is 23.4 Å². The fourth-order valence-corrected chi connectivity index (χ4v) is 4.11. The highest BCUT2D eigenvalue weighted by Crippen LogP contribution is 2.34. The molecular formula is C22H20N2O7S. The number of anilines is 2. The van der Waals surface area contributed by atoms with Gasteiger partial charge in [-0.05, 0) is 48.5 Å². The number of amides is 3. The van der Waals surface area contributed by atoms with Crippen molar-refractivity contribution in [2.75, 3.05) is 17.3 Å². The fourth-order valence-electron chi connectivity index (χ4n) is 3.06. The highest BCUT2D eigenvalue weighted by Gasteiger charge is 2.40. The van der Waals surface area contributed by atoms with Crippen molar-refractivity contribution in [2.45, 2.75) is 29.4 Å². The van der Waals surface area contributed by atoms with Gasteiger partial charge in [0.2, 0.25) is 17.7 Å². The first kappa shape index (κ1) is 23.0. The van der Waals surface area contributed by atoms with Gasteiger partial charge in [-0.25, -0.2) is 9.69 Å². The number of esters is 1. The van der Waals surface area contributed by atoms with E-state index in [2.05, 4.69) is 10.1 Å². The largest absolute Gasteiger partial charge is 0.481 e. The Bertz CT molecular complexity index is 1050. The third kappa shape index (κ3) is 5.52. The predicted octanol–water partition coefficient (Wildman–Crippen LogP) is 2.70. The summed E-state index contributed by atoms with van der Waals surface area (Å²) in [6, 6.07) is 12.7. The van der Waals surface area contributed by atoms with Crippen LogP contribution in [-0.4, -0.2) is 47.1 Å². The molecule has 1 saturated heterocycles. The number of benzene rings is 2. The van der Waals surface area contributed by atoms with Crippen molar-refractivity contribution in [3.63, 3.8) is 0 Å². The SMILES string of the molecule is COC(=O)c1ccc(N2C(=O)C[C@H](Sc3ccc(NC(=O)CCC(=O)O)cc3)C2=O)cc1. The van der Waals surface area contributed by atoms with Gasteiger partial charge < -0.3 is 15.2 Å². The Balaban J connectivity index is 1.62. The standard InChI is InChI=1S/C22H20N2O7S/c1-31-22(30)13-2-6-15(7-3-13)24-19(26)12-17(21(24)29)32-16-8-4-14(5-9-16)23-18(25)10-11-20(27)28/h2-9,17H,10-12H2,1H3,(H,23,25)(H,27,28)/t17-/m0/s1. The van der Waals surface area contributed by atoms with Gasteiger partial charge in [-0.3, -0.25) is 19.2 Å². The van der Waals surface area contributed by atoms with Crippen LogP contribution in [-0.2, 0) is 23.9 Å². The van der Waals surface area contributed by atoms with E-state index in [9.17, 15) is 24.0 Å². The molecule has 1 heterocycles. The second kappa shape index (κ2) is 10.1. The number of imide groups is 1. The molecule has 0 radical (unpaired) electrons. The highest BCUT2D eigenvalue weighted by atomic mass is 32.2. The van der Waals surface area contributed by atoms with Crippen molar-refractivity contribution in [2.24, 2.45) is 0 Å². The molecule has 2 N–H and O–H groups in total. The van der Waals surface area contributed by atoms with Gasteiger partial charge in [0.15, 0.2) is 0 Å². The van der Waals surface area contributed by atoms with Gasteiger partial charge in [-0.15, -0.1) is 11.8 Å². The number of thioether (sulfide) groups is 1. The predicted molar refractivity (Wildman–Crippen MR) is 116 cm³/mol. The summed E-state index contributed by atoms with van der Waals surface area (Å²) in [6.45, 7) is 0. The normalized spacial score (nSPS) is 15.5.